The summed E-state index contributed by atoms with van der Waals surface area (Å²) < 4.78 is 50.0. The predicted octanol–water partition coefficient (Wildman–Crippen LogP) is 5.37. The van der Waals surface area contributed by atoms with Crippen molar-refractivity contribution in [3.05, 3.63) is 76.4 Å². The summed E-state index contributed by atoms with van der Waals surface area (Å²) in [5.74, 6) is 0.768. The highest BCUT2D eigenvalue weighted by Gasteiger charge is 2.50. The standard InChI is InChI=1S/C30H34F3N5O2/c1-28(8-5-9-28)34-15-19-10-23-24(25(11-19)30(31,32)33)16-38(26(23)39)22-7-4-6-21(12-22)29(13-20(14-29)17-40-3)27-36-35-18-37(27)2/h4,6-7,10-12,18,20,34H,5,8-9,13-17H2,1-3H3. The van der Waals surface area contributed by atoms with Gasteiger partial charge >= 0.3 is 6.18 Å². The lowest BCUT2D eigenvalue weighted by Crippen LogP contribution is -2.47. The average Bonchev–Trinajstić information content (AvgIpc) is 3.45. The lowest BCUT2D eigenvalue weighted by molar-refractivity contribution is -0.138. The molecule has 40 heavy (non-hydrogen) atoms. The van der Waals surface area contributed by atoms with Crippen molar-refractivity contribution in [2.45, 2.75) is 69.2 Å². The number of ether oxygens (including phenoxy) is 1. The van der Waals surface area contributed by atoms with Gasteiger partial charge in [-0.25, -0.2) is 0 Å². The van der Waals surface area contributed by atoms with Crippen LogP contribution in [-0.4, -0.2) is 39.9 Å². The number of carbonyl (C=O) groups excluding carboxylic acids is 1. The van der Waals surface area contributed by atoms with E-state index in [1.807, 2.05) is 29.8 Å². The maximum absolute atomic E-state index is 14.2. The van der Waals surface area contributed by atoms with Crippen LogP contribution in [0.5, 0.6) is 0 Å². The molecule has 3 aliphatic rings. The smallest absolute Gasteiger partial charge is 0.384 e. The van der Waals surface area contributed by atoms with Crippen LogP contribution in [-0.2, 0) is 36.5 Å². The van der Waals surface area contributed by atoms with Crippen molar-refractivity contribution in [2.24, 2.45) is 13.0 Å². The number of halogens is 3. The van der Waals surface area contributed by atoms with Gasteiger partial charge < -0.3 is 19.5 Å². The van der Waals surface area contributed by atoms with Crippen LogP contribution < -0.4 is 10.2 Å². The summed E-state index contributed by atoms with van der Waals surface area (Å²) in [6.07, 6.45) is 1.82. The molecule has 1 aromatic heterocycles. The van der Waals surface area contributed by atoms with E-state index in [2.05, 4.69) is 22.4 Å². The molecule has 6 rings (SSSR count). The van der Waals surface area contributed by atoms with E-state index in [0.717, 1.165) is 43.5 Å². The van der Waals surface area contributed by atoms with Crippen LogP contribution in [0.2, 0.25) is 0 Å². The third kappa shape index (κ3) is 4.51. The van der Waals surface area contributed by atoms with Gasteiger partial charge in [-0.1, -0.05) is 12.1 Å². The summed E-state index contributed by atoms with van der Waals surface area (Å²) in [7, 11) is 3.59. The van der Waals surface area contributed by atoms with Crippen molar-refractivity contribution >= 4 is 11.6 Å². The molecular formula is C30H34F3N5O2. The van der Waals surface area contributed by atoms with Crippen LogP contribution in [0.4, 0.5) is 18.9 Å². The lowest BCUT2D eigenvalue weighted by atomic mass is 9.58. The summed E-state index contributed by atoms with van der Waals surface area (Å²) >= 11 is 0. The number of fused-ring (bicyclic) bond motifs is 1. The third-order valence-electron chi connectivity index (χ3n) is 9.11. The van der Waals surface area contributed by atoms with E-state index in [4.69, 9.17) is 4.74 Å². The summed E-state index contributed by atoms with van der Waals surface area (Å²) in [6, 6.07) is 10.4. The minimum Gasteiger partial charge on any atom is -0.384 e. The number of methoxy groups -OCH3 is 1. The van der Waals surface area contributed by atoms with E-state index in [0.29, 0.717) is 30.3 Å². The van der Waals surface area contributed by atoms with E-state index in [9.17, 15) is 18.0 Å². The molecule has 0 radical (unpaired) electrons. The van der Waals surface area contributed by atoms with Crippen molar-refractivity contribution < 1.29 is 22.7 Å². The Labute approximate surface area is 231 Å². The van der Waals surface area contributed by atoms with Gasteiger partial charge in [-0.15, -0.1) is 10.2 Å². The van der Waals surface area contributed by atoms with E-state index in [1.165, 1.54) is 11.0 Å². The number of hydrogen-bond donors (Lipinski definition) is 1. The molecule has 0 unspecified atom stereocenters. The van der Waals surface area contributed by atoms with Crippen LogP contribution in [0.25, 0.3) is 0 Å². The fraction of sp³-hybridized carbons (Fsp3) is 0.500. The zero-order valence-electron chi connectivity index (χ0n) is 23.0. The van der Waals surface area contributed by atoms with E-state index < -0.39 is 23.1 Å². The molecule has 0 bridgehead atoms. The molecule has 1 N–H and O–H groups in total. The molecule has 1 amide bonds. The van der Waals surface area contributed by atoms with Gasteiger partial charge in [0, 0.05) is 44.1 Å². The number of benzene rings is 2. The summed E-state index contributed by atoms with van der Waals surface area (Å²) in [5, 5.41) is 11.9. The van der Waals surface area contributed by atoms with Crippen molar-refractivity contribution in [1.82, 2.24) is 20.1 Å². The van der Waals surface area contributed by atoms with Crippen LogP contribution in [0, 0.1) is 5.92 Å². The molecule has 2 fully saturated rings. The molecule has 3 aromatic rings. The Bertz CT molecular complexity index is 1440. The first-order valence-corrected chi connectivity index (χ1v) is 13.8. The highest BCUT2D eigenvalue weighted by molar-refractivity contribution is 6.10. The highest BCUT2D eigenvalue weighted by Crippen LogP contribution is 2.52. The number of nitrogens with zero attached hydrogens (tertiary/aromatic N) is 4. The van der Waals surface area contributed by atoms with Crippen molar-refractivity contribution in [1.29, 1.82) is 0 Å². The number of anilines is 1. The van der Waals surface area contributed by atoms with Crippen molar-refractivity contribution in [3.63, 3.8) is 0 Å². The molecule has 0 saturated heterocycles. The van der Waals surface area contributed by atoms with Gasteiger partial charge in [-0.05, 0) is 85.9 Å². The maximum atomic E-state index is 14.2. The normalized spacial score (nSPS) is 23.6. The lowest BCUT2D eigenvalue weighted by Gasteiger charge is -2.47. The Kier molecular flexibility index (Phi) is 6.53. The zero-order chi connectivity index (χ0) is 28.3. The van der Waals surface area contributed by atoms with Crippen LogP contribution >= 0.6 is 0 Å². The molecule has 1 aliphatic heterocycles. The van der Waals surface area contributed by atoms with E-state index >= 15 is 0 Å². The van der Waals surface area contributed by atoms with E-state index in [-0.39, 0.29) is 23.2 Å². The summed E-state index contributed by atoms with van der Waals surface area (Å²) in [4.78, 5) is 15.1. The first-order chi connectivity index (χ1) is 19.0. The molecule has 2 aliphatic carbocycles. The second-order valence-electron chi connectivity index (χ2n) is 12.0. The molecule has 0 spiro atoms. The number of alkyl halides is 3. The number of aryl methyl sites for hydroxylation is 1. The third-order valence-corrected chi connectivity index (χ3v) is 9.11. The monoisotopic (exact) mass is 553 g/mol. The molecule has 7 nitrogen and oxygen atoms in total. The first-order valence-electron chi connectivity index (χ1n) is 13.8. The Balaban J connectivity index is 1.33. The number of nitrogens with one attached hydrogen (secondary N) is 1. The molecule has 2 heterocycles. The Hall–Kier alpha value is -3.24. The Morgan fingerprint density at radius 1 is 1.18 bits per heavy atom. The molecule has 212 valence electrons. The molecule has 10 heteroatoms. The topological polar surface area (TPSA) is 72.3 Å². The predicted molar refractivity (Wildman–Crippen MR) is 144 cm³/mol. The van der Waals surface area contributed by atoms with Crippen LogP contribution in [0.1, 0.15) is 77.5 Å². The van der Waals surface area contributed by atoms with Crippen molar-refractivity contribution in [2.75, 3.05) is 18.6 Å². The second-order valence-corrected chi connectivity index (χ2v) is 12.0. The second kappa shape index (κ2) is 9.69. The highest BCUT2D eigenvalue weighted by atomic mass is 19.4. The first kappa shape index (κ1) is 27.0. The number of carbonyl (C=O) groups is 1. The maximum Gasteiger partial charge on any atom is 0.416 e. The molecule has 2 aromatic carbocycles. The van der Waals surface area contributed by atoms with Gasteiger partial charge in [0.15, 0.2) is 0 Å². The zero-order valence-corrected chi connectivity index (χ0v) is 23.0. The number of rotatable bonds is 8. The van der Waals surface area contributed by atoms with Gasteiger partial charge in [0.2, 0.25) is 0 Å². The quantitative estimate of drug-likeness (QED) is 0.406. The minimum atomic E-state index is -4.56. The van der Waals surface area contributed by atoms with Crippen LogP contribution in [0.15, 0.2) is 42.7 Å². The molecule has 0 atom stereocenters. The minimum absolute atomic E-state index is 0.0355. The Morgan fingerprint density at radius 2 is 1.95 bits per heavy atom. The average molecular weight is 554 g/mol. The SMILES string of the molecule is COCC1CC(c2cccc(N3Cc4c(cc(CNC5(C)CCC5)cc4C(F)(F)F)C3=O)c2)(c2nncn2C)C1. The van der Waals surface area contributed by atoms with Gasteiger partial charge in [-0.3, -0.25) is 4.79 Å². The molecule has 2 saturated carbocycles. The summed E-state index contributed by atoms with van der Waals surface area (Å²) in [5.41, 5.74) is 0.977. The number of aromatic nitrogens is 3. The number of hydrogen-bond acceptors (Lipinski definition) is 5. The Morgan fingerprint density at radius 3 is 2.58 bits per heavy atom. The number of amides is 1. The fourth-order valence-corrected chi connectivity index (χ4v) is 6.75. The van der Waals surface area contributed by atoms with E-state index in [1.54, 1.807) is 25.6 Å². The van der Waals surface area contributed by atoms with Gasteiger partial charge in [-0.2, -0.15) is 13.2 Å². The fourth-order valence-electron chi connectivity index (χ4n) is 6.75. The molecular weight excluding hydrogens is 519 g/mol. The van der Waals surface area contributed by atoms with Gasteiger partial charge in [0.1, 0.15) is 12.2 Å². The largest absolute Gasteiger partial charge is 0.416 e. The van der Waals surface area contributed by atoms with Gasteiger partial charge in [0.05, 0.1) is 17.5 Å². The summed E-state index contributed by atoms with van der Waals surface area (Å²) in [6.45, 7) is 2.89. The van der Waals surface area contributed by atoms with Gasteiger partial charge in [0.25, 0.3) is 5.91 Å². The van der Waals surface area contributed by atoms with Crippen LogP contribution in [0.3, 0.4) is 0 Å². The van der Waals surface area contributed by atoms with Crippen molar-refractivity contribution in [3.8, 4) is 0 Å².